The predicted molar refractivity (Wildman–Crippen MR) is 205 cm³/mol. The predicted octanol–water partition coefficient (Wildman–Crippen LogP) is 5.50. The average Bonchev–Trinajstić information content (AvgIpc) is 3.72. The Morgan fingerprint density at radius 1 is 0.909 bits per heavy atom. The Morgan fingerprint density at radius 3 is 2.11 bits per heavy atom. The summed E-state index contributed by atoms with van der Waals surface area (Å²) in [6.07, 6.45) is 6.03. The number of carbonyl (C=O) groups is 5. The van der Waals surface area contributed by atoms with Crippen LogP contribution in [0.5, 0.6) is 5.75 Å². The Kier molecular flexibility index (Phi) is 11.0. The number of amides is 4. The molecular formula is C43H48N6O6. The number of fused-ring (bicyclic) bond motifs is 2. The van der Waals surface area contributed by atoms with Crippen LogP contribution in [0.4, 0.5) is 5.69 Å². The number of nitrogens with one attached hydrogen (secondary N) is 1. The van der Waals surface area contributed by atoms with Gasteiger partial charge in [0.05, 0.1) is 28.9 Å². The fraction of sp³-hybridized carbons (Fsp3) is 0.442. The van der Waals surface area contributed by atoms with Crippen LogP contribution in [0.2, 0.25) is 0 Å². The van der Waals surface area contributed by atoms with E-state index in [2.05, 4.69) is 16.3 Å². The summed E-state index contributed by atoms with van der Waals surface area (Å²) in [5, 5.41) is 12.8. The van der Waals surface area contributed by atoms with E-state index in [0.717, 1.165) is 71.6 Å². The van der Waals surface area contributed by atoms with Crippen molar-refractivity contribution in [2.24, 2.45) is 5.73 Å². The Labute approximate surface area is 321 Å². The van der Waals surface area contributed by atoms with Crippen molar-refractivity contribution in [1.29, 1.82) is 5.26 Å². The molecule has 0 bridgehead atoms. The number of carbonyl (C=O) groups excluding carboxylic acids is 5. The van der Waals surface area contributed by atoms with Crippen LogP contribution in [0.3, 0.4) is 0 Å². The largest absolute Gasteiger partial charge is 0.490 e. The lowest BCUT2D eigenvalue weighted by Crippen LogP contribution is -2.48. The number of primary amides is 1. The highest BCUT2D eigenvalue weighted by atomic mass is 16.5. The zero-order valence-corrected chi connectivity index (χ0v) is 31.5. The molecule has 7 rings (SSSR count). The molecular weight excluding hydrogens is 697 g/mol. The van der Waals surface area contributed by atoms with Gasteiger partial charge in [0.1, 0.15) is 17.6 Å². The number of rotatable bonds is 12. The van der Waals surface area contributed by atoms with E-state index in [1.54, 1.807) is 19.1 Å². The molecule has 0 radical (unpaired) electrons. The minimum atomic E-state index is -1.17. The molecule has 12 nitrogen and oxygen atoms in total. The molecule has 1 unspecified atom stereocenters. The third kappa shape index (κ3) is 7.98. The van der Waals surface area contributed by atoms with Gasteiger partial charge in [0.2, 0.25) is 5.91 Å². The SMILES string of the molecule is CCC(=O)CCC(C(N)=O)N1C(=O)c2cc3c(cc2C1=O)CN(C1CCN(C(=O)c2ccc(N[C@H]4CC[C@H](Oc5ccc(C#N)c(C)c5)CC4)cc2)CC1)C3. The van der Waals surface area contributed by atoms with Crippen molar-refractivity contribution < 1.29 is 28.7 Å². The average molecular weight is 745 g/mol. The van der Waals surface area contributed by atoms with Gasteiger partial charge in [-0.25, -0.2) is 0 Å². The van der Waals surface area contributed by atoms with Crippen molar-refractivity contribution in [1.82, 2.24) is 14.7 Å². The maximum absolute atomic E-state index is 13.5. The molecule has 1 aliphatic carbocycles. The lowest BCUT2D eigenvalue weighted by atomic mass is 9.92. The molecule has 0 spiro atoms. The highest BCUT2D eigenvalue weighted by Gasteiger charge is 2.43. The number of ether oxygens (including phenoxy) is 1. The van der Waals surface area contributed by atoms with E-state index in [0.29, 0.717) is 49.8 Å². The number of anilines is 1. The van der Waals surface area contributed by atoms with Crippen molar-refractivity contribution in [3.63, 3.8) is 0 Å². The van der Waals surface area contributed by atoms with Gasteiger partial charge < -0.3 is 20.7 Å². The maximum atomic E-state index is 13.5. The fourth-order valence-electron chi connectivity index (χ4n) is 8.51. The van der Waals surface area contributed by atoms with Crippen LogP contribution in [-0.2, 0) is 22.7 Å². The van der Waals surface area contributed by atoms with Crippen molar-refractivity contribution in [2.45, 2.75) is 109 Å². The maximum Gasteiger partial charge on any atom is 0.262 e. The van der Waals surface area contributed by atoms with Gasteiger partial charge in [-0.2, -0.15) is 5.26 Å². The number of Topliss-reactive ketones (excluding diaryl/α,β-unsaturated/α-hetero) is 1. The zero-order valence-electron chi connectivity index (χ0n) is 31.5. The number of nitrogens with zero attached hydrogens (tertiary/aromatic N) is 4. The smallest absolute Gasteiger partial charge is 0.262 e. The summed E-state index contributed by atoms with van der Waals surface area (Å²) in [6.45, 7) is 6.19. The molecule has 286 valence electrons. The molecule has 3 aromatic carbocycles. The summed E-state index contributed by atoms with van der Waals surface area (Å²) in [6, 6.07) is 18.5. The molecule has 2 fully saturated rings. The van der Waals surface area contributed by atoms with Gasteiger partial charge in [0, 0.05) is 62.4 Å². The summed E-state index contributed by atoms with van der Waals surface area (Å²) in [7, 11) is 0. The second-order valence-corrected chi connectivity index (χ2v) is 15.3. The summed E-state index contributed by atoms with van der Waals surface area (Å²) < 4.78 is 6.21. The standard InChI is InChI=1S/C43H48N6O6/c1-3-34(50)11-15-39(40(45)51)49-42(53)37-21-29-24-48(25-30(29)22-38(37)43(49)54)33-16-18-47(19-17-33)41(52)27-4-7-31(8-5-27)46-32-9-13-35(14-10-32)55-36-12-6-28(23-44)26(2)20-36/h4-8,12,20-22,32-33,35,39,46H,3,9-11,13-19,24-25H2,1-2H3,(H2,45,51)/t32-,35-,39?. The molecule has 3 aromatic rings. The highest BCUT2D eigenvalue weighted by molar-refractivity contribution is 6.23. The van der Waals surface area contributed by atoms with Gasteiger partial charge in [-0.1, -0.05) is 6.92 Å². The molecule has 55 heavy (non-hydrogen) atoms. The Balaban J connectivity index is 0.875. The van der Waals surface area contributed by atoms with Crippen LogP contribution in [-0.4, -0.2) is 81.4 Å². The van der Waals surface area contributed by atoms with E-state index < -0.39 is 23.8 Å². The van der Waals surface area contributed by atoms with Crippen LogP contribution >= 0.6 is 0 Å². The van der Waals surface area contributed by atoms with Crippen LogP contribution in [0.15, 0.2) is 54.6 Å². The molecule has 1 saturated carbocycles. The minimum absolute atomic E-state index is 0.0200. The monoisotopic (exact) mass is 744 g/mol. The van der Waals surface area contributed by atoms with Crippen LogP contribution < -0.4 is 15.8 Å². The Morgan fingerprint density at radius 2 is 1.55 bits per heavy atom. The van der Waals surface area contributed by atoms with E-state index in [1.807, 2.05) is 54.3 Å². The number of aryl methyl sites for hydroxylation is 1. The van der Waals surface area contributed by atoms with Crippen molar-refractivity contribution in [2.75, 3.05) is 18.4 Å². The lowest BCUT2D eigenvalue weighted by molar-refractivity contribution is -0.123. The highest BCUT2D eigenvalue weighted by Crippen LogP contribution is 2.35. The normalized spacial score (nSPS) is 20.5. The number of imide groups is 1. The number of nitriles is 1. The number of ketones is 1. The number of likely N-dealkylation sites (tertiary alicyclic amines) is 1. The molecule has 3 N–H and O–H groups in total. The van der Waals surface area contributed by atoms with Gasteiger partial charge in [-0.3, -0.25) is 33.8 Å². The van der Waals surface area contributed by atoms with E-state index in [-0.39, 0.29) is 47.8 Å². The van der Waals surface area contributed by atoms with Gasteiger partial charge in [-0.15, -0.1) is 0 Å². The first-order valence-corrected chi connectivity index (χ1v) is 19.4. The molecule has 1 saturated heterocycles. The lowest BCUT2D eigenvalue weighted by Gasteiger charge is -2.36. The number of hydrogen-bond donors (Lipinski definition) is 2. The zero-order chi connectivity index (χ0) is 38.8. The fourth-order valence-corrected chi connectivity index (χ4v) is 8.51. The number of nitrogens with two attached hydrogens (primary N) is 1. The number of piperidine rings is 1. The van der Waals surface area contributed by atoms with Gasteiger partial charge in [-0.05, 0) is 123 Å². The van der Waals surface area contributed by atoms with Crippen molar-refractivity contribution in [3.05, 3.63) is 93.5 Å². The Hall–Kier alpha value is -5.54. The molecule has 12 heteroatoms. The summed E-state index contributed by atoms with van der Waals surface area (Å²) in [5.41, 5.74) is 11.3. The topological polar surface area (TPSA) is 166 Å². The molecule has 4 aliphatic rings. The van der Waals surface area contributed by atoms with E-state index in [9.17, 15) is 29.2 Å². The second kappa shape index (κ2) is 16.1. The van der Waals surface area contributed by atoms with Crippen LogP contribution in [0.1, 0.15) is 118 Å². The van der Waals surface area contributed by atoms with Gasteiger partial charge >= 0.3 is 0 Å². The summed E-state index contributed by atoms with van der Waals surface area (Å²) >= 11 is 0. The first-order chi connectivity index (χ1) is 26.5. The van der Waals surface area contributed by atoms with E-state index >= 15 is 0 Å². The molecule has 3 aliphatic heterocycles. The summed E-state index contributed by atoms with van der Waals surface area (Å²) in [5.74, 6) is -1.12. The quantitative estimate of drug-likeness (QED) is 0.228. The van der Waals surface area contributed by atoms with E-state index in [4.69, 9.17) is 10.5 Å². The third-order valence-electron chi connectivity index (χ3n) is 11.8. The first-order valence-electron chi connectivity index (χ1n) is 19.4. The Bertz CT molecular complexity index is 2000. The number of hydrogen-bond acceptors (Lipinski definition) is 9. The van der Waals surface area contributed by atoms with Crippen molar-refractivity contribution in [3.8, 4) is 11.8 Å². The van der Waals surface area contributed by atoms with Crippen molar-refractivity contribution >= 4 is 35.1 Å². The molecule has 1 atom stereocenters. The first kappa shape index (κ1) is 37.8. The molecule has 3 heterocycles. The minimum Gasteiger partial charge on any atom is -0.490 e. The van der Waals surface area contributed by atoms with Crippen LogP contribution in [0, 0.1) is 18.3 Å². The van der Waals surface area contributed by atoms with Gasteiger partial charge in [0.15, 0.2) is 0 Å². The van der Waals surface area contributed by atoms with Crippen LogP contribution in [0.25, 0.3) is 0 Å². The molecule has 0 aromatic heterocycles. The number of benzene rings is 3. The van der Waals surface area contributed by atoms with Gasteiger partial charge in [0.25, 0.3) is 17.7 Å². The molecule has 4 amide bonds. The van der Waals surface area contributed by atoms with E-state index in [1.165, 1.54) is 0 Å². The second-order valence-electron chi connectivity index (χ2n) is 15.3. The third-order valence-corrected chi connectivity index (χ3v) is 11.8. The summed E-state index contributed by atoms with van der Waals surface area (Å²) in [4.78, 5) is 69.7.